The van der Waals surface area contributed by atoms with Gasteiger partial charge in [-0.2, -0.15) is 5.10 Å². The summed E-state index contributed by atoms with van der Waals surface area (Å²) in [4.78, 5) is 19.6. The highest BCUT2D eigenvalue weighted by atomic mass is 16.6. The number of amides is 1. The molecular formula is C35H44N6O4. The summed E-state index contributed by atoms with van der Waals surface area (Å²) < 4.78 is 13.0. The van der Waals surface area contributed by atoms with Crippen LogP contribution in [0, 0.1) is 13.8 Å². The van der Waals surface area contributed by atoms with Gasteiger partial charge < -0.3 is 30.5 Å². The third-order valence-corrected chi connectivity index (χ3v) is 8.15. The lowest BCUT2D eigenvalue weighted by molar-refractivity contribution is 0.0235. The average Bonchev–Trinajstić information content (AvgIpc) is 3.62. The molecule has 2 aromatic carbocycles. The van der Waals surface area contributed by atoms with Crippen molar-refractivity contribution in [1.29, 1.82) is 0 Å². The van der Waals surface area contributed by atoms with E-state index >= 15 is 0 Å². The molecular weight excluding hydrogens is 568 g/mol. The lowest BCUT2D eigenvalue weighted by atomic mass is 9.97. The van der Waals surface area contributed by atoms with E-state index in [0.29, 0.717) is 36.6 Å². The molecule has 238 valence electrons. The number of likely N-dealkylation sites (tertiary alicyclic amines) is 1. The van der Waals surface area contributed by atoms with Crippen molar-refractivity contribution in [3.05, 3.63) is 71.0 Å². The number of aromatic nitrogens is 2. The normalized spacial score (nSPS) is 15.5. The number of aromatic hydroxyl groups is 1. The van der Waals surface area contributed by atoms with Crippen LogP contribution in [0.4, 0.5) is 16.2 Å². The number of nitrogens with one attached hydrogen (secondary N) is 1. The number of fused-ring (bicyclic) bond motifs is 1. The smallest absolute Gasteiger partial charge is 0.410 e. The molecule has 0 bridgehead atoms. The maximum atomic E-state index is 13.0. The van der Waals surface area contributed by atoms with Crippen LogP contribution in [-0.4, -0.2) is 63.4 Å². The van der Waals surface area contributed by atoms with E-state index in [1.807, 2.05) is 55.4 Å². The Balaban J connectivity index is 1.58. The minimum Gasteiger partial charge on any atom is -0.508 e. The van der Waals surface area contributed by atoms with Crippen molar-refractivity contribution >= 4 is 28.8 Å². The molecule has 4 N–H and O–H groups in total. The number of ether oxygens (including phenoxy) is 2. The molecule has 1 aliphatic rings. The fourth-order valence-electron chi connectivity index (χ4n) is 6.05. The lowest BCUT2D eigenvalue weighted by Crippen LogP contribution is -2.42. The van der Waals surface area contributed by atoms with Crippen molar-refractivity contribution in [3.8, 4) is 22.6 Å². The summed E-state index contributed by atoms with van der Waals surface area (Å²) >= 11 is 0. The summed E-state index contributed by atoms with van der Waals surface area (Å²) in [5, 5.41) is 18.4. The van der Waals surface area contributed by atoms with Crippen molar-refractivity contribution in [3.63, 3.8) is 0 Å². The Morgan fingerprint density at radius 2 is 1.91 bits per heavy atom. The summed E-state index contributed by atoms with van der Waals surface area (Å²) in [7, 11) is 1.67. The topological polar surface area (TPSA) is 127 Å². The largest absolute Gasteiger partial charge is 0.508 e. The molecule has 3 heterocycles. The fraction of sp³-hybridized carbons (Fsp3) is 0.400. The van der Waals surface area contributed by atoms with Gasteiger partial charge in [-0.05, 0) is 113 Å². The molecule has 1 aliphatic heterocycles. The van der Waals surface area contributed by atoms with E-state index in [1.54, 1.807) is 31.5 Å². The first-order chi connectivity index (χ1) is 21.4. The molecule has 0 radical (unpaired) electrons. The van der Waals surface area contributed by atoms with E-state index in [4.69, 9.17) is 25.3 Å². The van der Waals surface area contributed by atoms with Crippen molar-refractivity contribution in [2.45, 2.75) is 72.4 Å². The van der Waals surface area contributed by atoms with Crippen LogP contribution in [-0.2, 0) is 11.2 Å². The number of nitrogens with two attached hydrogens (primary N) is 1. The second-order valence-corrected chi connectivity index (χ2v) is 12.6. The first-order valence-electron chi connectivity index (χ1n) is 15.5. The lowest BCUT2D eigenvalue weighted by Gasteiger charge is -2.29. The van der Waals surface area contributed by atoms with Gasteiger partial charge in [0.2, 0.25) is 0 Å². The van der Waals surface area contributed by atoms with E-state index in [-0.39, 0.29) is 17.9 Å². The zero-order valence-corrected chi connectivity index (χ0v) is 27.3. The van der Waals surface area contributed by atoms with Crippen molar-refractivity contribution in [1.82, 2.24) is 14.5 Å². The van der Waals surface area contributed by atoms with Gasteiger partial charge in [0.25, 0.3) is 0 Å². The summed E-state index contributed by atoms with van der Waals surface area (Å²) in [6.45, 7) is 12.9. The number of aryl methyl sites for hydroxylation is 3. The summed E-state index contributed by atoms with van der Waals surface area (Å²) in [5.41, 5.74) is 14.3. The average molecular weight is 613 g/mol. The van der Waals surface area contributed by atoms with Gasteiger partial charge in [0.15, 0.2) is 0 Å². The Bertz CT molecular complexity index is 1730. The number of nitrogens with zero attached hydrogens (tertiary/aromatic N) is 4. The van der Waals surface area contributed by atoms with Crippen molar-refractivity contribution in [2.75, 3.05) is 25.5 Å². The van der Waals surface area contributed by atoms with Crippen LogP contribution in [0.1, 0.15) is 62.8 Å². The quantitative estimate of drug-likeness (QED) is 0.149. The van der Waals surface area contributed by atoms with Gasteiger partial charge in [-0.15, -0.1) is 0 Å². The number of phenols is 1. The molecule has 2 aromatic heterocycles. The van der Waals surface area contributed by atoms with Crippen LogP contribution in [0.3, 0.4) is 0 Å². The van der Waals surface area contributed by atoms with Crippen LogP contribution >= 0.6 is 0 Å². The zero-order chi connectivity index (χ0) is 32.5. The number of benzene rings is 2. The SMILES string of the molecule is CCc1cc(O)ccc1N=C(N)c1cnn2cc(-c3c(C)cc(OC)cc3C)cc2c1NC[C@H]1CCCN1C(=O)OC(C)(C)C. The van der Waals surface area contributed by atoms with E-state index in [2.05, 4.69) is 25.2 Å². The van der Waals surface area contributed by atoms with Crippen LogP contribution in [0.15, 0.2) is 53.8 Å². The predicted octanol–water partition coefficient (Wildman–Crippen LogP) is 6.74. The highest BCUT2D eigenvalue weighted by Crippen LogP contribution is 2.35. The Kier molecular flexibility index (Phi) is 8.95. The second-order valence-electron chi connectivity index (χ2n) is 12.6. The Morgan fingerprint density at radius 3 is 2.58 bits per heavy atom. The third-order valence-electron chi connectivity index (χ3n) is 8.15. The molecule has 0 saturated carbocycles. The molecule has 10 heteroatoms. The molecule has 0 unspecified atom stereocenters. The van der Waals surface area contributed by atoms with E-state index in [1.165, 1.54) is 0 Å². The first kappa shape index (κ1) is 31.7. The maximum absolute atomic E-state index is 13.0. The number of hydrogen-bond acceptors (Lipinski definition) is 7. The number of aliphatic imine (C=N–C) groups is 1. The molecule has 4 aromatic rings. The third kappa shape index (κ3) is 6.84. The van der Waals surface area contributed by atoms with Gasteiger partial charge in [0, 0.05) is 24.8 Å². The molecule has 0 spiro atoms. The van der Waals surface area contributed by atoms with Gasteiger partial charge in [-0.1, -0.05) is 6.92 Å². The molecule has 5 rings (SSSR count). The molecule has 1 amide bonds. The summed E-state index contributed by atoms with van der Waals surface area (Å²) in [6, 6.07) is 11.2. The number of carbonyl (C=O) groups excluding carboxylic acids is 1. The molecule has 0 aliphatic carbocycles. The Morgan fingerprint density at radius 1 is 1.18 bits per heavy atom. The highest BCUT2D eigenvalue weighted by molar-refractivity contribution is 6.06. The maximum Gasteiger partial charge on any atom is 0.410 e. The monoisotopic (exact) mass is 612 g/mol. The van der Waals surface area contributed by atoms with Gasteiger partial charge in [0.1, 0.15) is 22.9 Å². The van der Waals surface area contributed by atoms with Gasteiger partial charge in [-0.25, -0.2) is 14.3 Å². The fourth-order valence-corrected chi connectivity index (χ4v) is 6.05. The van der Waals surface area contributed by atoms with Gasteiger partial charge in [0.05, 0.1) is 41.8 Å². The van der Waals surface area contributed by atoms with Crippen molar-refractivity contribution < 1.29 is 19.4 Å². The zero-order valence-electron chi connectivity index (χ0n) is 27.3. The van der Waals surface area contributed by atoms with Crippen LogP contribution in [0.5, 0.6) is 11.5 Å². The Hall–Kier alpha value is -4.73. The number of carbonyl (C=O) groups is 1. The number of phenolic OH excluding ortho intramolecular Hbond substituents is 1. The van der Waals surface area contributed by atoms with Gasteiger partial charge in [-0.3, -0.25) is 0 Å². The van der Waals surface area contributed by atoms with Crippen LogP contribution in [0.25, 0.3) is 16.6 Å². The summed E-state index contributed by atoms with van der Waals surface area (Å²) in [5.74, 6) is 1.30. The van der Waals surface area contributed by atoms with Gasteiger partial charge >= 0.3 is 6.09 Å². The highest BCUT2D eigenvalue weighted by Gasteiger charge is 2.32. The minimum absolute atomic E-state index is 0.0524. The second kappa shape index (κ2) is 12.7. The van der Waals surface area contributed by atoms with Crippen LogP contribution < -0.4 is 15.8 Å². The summed E-state index contributed by atoms with van der Waals surface area (Å²) in [6.07, 6.45) is 5.88. The number of anilines is 1. The molecule has 1 saturated heterocycles. The van der Waals surface area contributed by atoms with E-state index in [9.17, 15) is 9.90 Å². The minimum atomic E-state index is -0.571. The standard InChI is InChI=1S/C35H44N6O4/c1-8-23-16-26(42)11-12-29(23)39-33(36)28-19-38-41-20-24(31-21(2)14-27(44-7)15-22(31)3)17-30(41)32(28)37-18-25-10-9-13-40(25)34(43)45-35(4,5)6/h11-12,14-17,19-20,25,37,42H,8-10,13,18H2,1-7H3,(H2,36,39)/t25-/m1/s1. The predicted molar refractivity (Wildman–Crippen MR) is 179 cm³/mol. The van der Waals surface area contributed by atoms with Crippen molar-refractivity contribution in [2.24, 2.45) is 10.7 Å². The molecule has 1 fully saturated rings. The number of methoxy groups -OCH3 is 1. The van der Waals surface area contributed by atoms with Crippen LogP contribution in [0.2, 0.25) is 0 Å². The number of rotatable bonds is 8. The van der Waals surface area contributed by atoms with E-state index in [0.717, 1.165) is 57.6 Å². The number of amidine groups is 1. The number of hydrogen-bond donors (Lipinski definition) is 3. The van der Waals surface area contributed by atoms with E-state index < -0.39 is 5.60 Å². The first-order valence-corrected chi connectivity index (χ1v) is 15.5. The Labute approximate surface area is 264 Å². The molecule has 1 atom stereocenters. The molecule has 45 heavy (non-hydrogen) atoms. The molecule has 10 nitrogen and oxygen atoms in total.